The Morgan fingerprint density at radius 2 is 2.24 bits per heavy atom. The molecule has 1 aliphatic heterocycles. The number of imidazole rings is 1. The molecule has 7 heteroatoms. The smallest absolute Gasteiger partial charge is 0.377 e. The van der Waals surface area contributed by atoms with Crippen molar-refractivity contribution < 1.29 is 17.9 Å². The number of nitrogens with zero attached hydrogens (tertiary/aromatic N) is 3. The minimum atomic E-state index is -4.22. The fraction of sp³-hybridized carbons (Fsp3) is 0.786. The van der Waals surface area contributed by atoms with Gasteiger partial charge in [0.05, 0.1) is 12.6 Å². The van der Waals surface area contributed by atoms with Crippen molar-refractivity contribution in [2.24, 2.45) is 0 Å². The number of piperidine rings is 1. The normalized spacial score (nSPS) is 20.9. The Bertz CT molecular complexity index is 433. The van der Waals surface area contributed by atoms with Crippen molar-refractivity contribution in [3.05, 3.63) is 18.2 Å². The quantitative estimate of drug-likeness (QED) is 0.809. The molecule has 0 aromatic carbocycles. The predicted molar refractivity (Wildman–Crippen MR) is 72.8 cm³/mol. The van der Waals surface area contributed by atoms with E-state index >= 15 is 0 Å². The molecule has 0 amide bonds. The summed E-state index contributed by atoms with van der Waals surface area (Å²) in [4.78, 5) is 6.19. The van der Waals surface area contributed by atoms with E-state index in [2.05, 4.69) is 16.8 Å². The first kappa shape index (κ1) is 16.3. The van der Waals surface area contributed by atoms with Gasteiger partial charge < -0.3 is 9.30 Å². The third-order valence-corrected chi connectivity index (χ3v) is 3.54. The lowest BCUT2D eigenvalue weighted by Gasteiger charge is -2.32. The third kappa shape index (κ3) is 5.32. The average Bonchev–Trinajstić information content (AvgIpc) is 2.82. The van der Waals surface area contributed by atoms with Gasteiger partial charge in [-0.2, -0.15) is 13.2 Å². The highest BCUT2D eigenvalue weighted by Crippen LogP contribution is 2.20. The molecule has 0 saturated carbocycles. The molecule has 1 aromatic heterocycles. The van der Waals surface area contributed by atoms with Gasteiger partial charge in [-0.15, -0.1) is 0 Å². The van der Waals surface area contributed by atoms with Crippen LogP contribution in [0.5, 0.6) is 0 Å². The molecule has 1 saturated heterocycles. The van der Waals surface area contributed by atoms with Gasteiger partial charge in [-0.05, 0) is 25.8 Å². The van der Waals surface area contributed by atoms with Crippen LogP contribution in [0.15, 0.2) is 12.4 Å². The minimum absolute atomic E-state index is 0.185. The van der Waals surface area contributed by atoms with Crippen LogP contribution in [-0.2, 0) is 17.8 Å². The molecule has 0 bridgehead atoms. The van der Waals surface area contributed by atoms with E-state index in [0.717, 1.165) is 39.0 Å². The molecule has 0 radical (unpaired) electrons. The maximum Gasteiger partial charge on any atom is 0.406 e. The highest BCUT2D eigenvalue weighted by molar-refractivity contribution is 4.94. The van der Waals surface area contributed by atoms with Gasteiger partial charge in [0.1, 0.15) is 12.4 Å². The second-order valence-corrected chi connectivity index (χ2v) is 5.46. The molecule has 2 rings (SSSR count). The highest BCUT2D eigenvalue weighted by Gasteiger charge is 2.29. The summed E-state index contributed by atoms with van der Waals surface area (Å²) in [5.74, 6) is 0.462. The number of ether oxygens (including phenoxy) is 1. The zero-order chi connectivity index (χ0) is 15.3. The molecule has 1 atom stereocenters. The van der Waals surface area contributed by atoms with Gasteiger partial charge in [0, 0.05) is 25.5 Å². The Kier molecular flexibility index (Phi) is 5.64. The van der Waals surface area contributed by atoms with Crippen LogP contribution in [0.4, 0.5) is 13.2 Å². The van der Waals surface area contributed by atoms with E-state index < -0.39 is 12.7 Å². The van der Waals surface area contributed by atoms with Crippen molar-refractivity contribution in [3.8, 4) is 0 Å². The topological polar surface area (TPSA) is 30.3 Å². The molecule has 1 fully saturated rings. The van der Waals surface area contributed by atoms with E-state index in [1.54, 1.807) is 0 Å². The van der Waals surface area contributed by atoms with Gasteiger partial charge in [-0.1, -0.05) is 6.92 Å². The van der Waals surface area contributed by atoms with Crippen molar-refractivity contribution in [3.63, 3.8) is 0 Å². The van der Waals surface area contributed by atoms with Crippen LogP contribution in [0.3, 0.4) is 0 Å². The lowest BCUT2D eigenvalue weighted by atomic mass is 10.1. The molecule has 1 aromatic rings. The number of rotatable bonds is 6. The molecule has 4 nitrogen and oxygen atoms in total. The first-order valence-corrected chi connectivity index (χ1v) is 7.38. The van der Waals surface area contributed by atoms with E-state index in [-0.39, 0.29) is 6.10 Å². The number of halogens is 3. The summed E-state index contributed by atoms with van der Waals surface area (Å²) in [6.07, 6.45) is 1.79. The van der Waals surface area contributed by atoms with Gasteiger partial charge in [0.15, 0.2) is 0 Å². The molecular formula is C14H22F3N3O. The van der Waals surface area contributed by atoms with Crippen LogP contribution < -0.4 is 0 Å². The molecule has 0 spiro atoms. The summed E-state index contributed by atoms with van der Waals surface area (Å²) < 4.78 is 44.4. The van der Waals surface area contributed by atoms with E-state index in [1.165, 1.54) is 17.0 Å². The number of hydrogen-bond donors (Lipinski definition) is 0. The minimum Gasteiger partial charge on any atom is -0.377 e. The van der Waals surface area contributed by atoms with E-state index in [1.807, 2.05) is 0 Å². The van der Waals surface area contributed by atoms with Gasteiger partial charge in [0.2, 0.25) is 0 Å². The highest BCUT2D eigenvalue weighted by atomic mass is 19.4. The summed E-state index contributed by atoms with van der Waals surface area (Å²) in [5, 5.41) is 0. The van der Waals surface area contributed by atoms with Crippen LogP contribution in [-0.4, -0.2) is 46.4 Å². The summed E-state index contributed by atoms with van der Waals surface area (Å²) in [5.41, 5.74) is 0. The zero-order valence-electron chi connectivity index (χ0n) is 12.3. The molecule has 1 aliphatic rings. The Morgan fingerprint density at radius 3 is 2.95 bits per heavy atom. The summed E-state index contributed by atoms with van der Waals surface area (Å²) in [6.45, 7) is 3.90. The number of alkyl halides is 3. The van der Waals surface area contributed by atoms with E-state index in [0.29, 0.717) is 12.4 Å². The molecule has 120 valence electrons. The van der Waals surface area contributed by atoms with E-state index in [4.69, 9.17) is 4.74 Å². The average molecular weight is 305 g/mol. The van der Waals surface area contributed by atoms with Crippen molar-refractivity contribution in [2.45, 2.75) is 51.6 Å². The SMILES string of the molecule is CCCOC1CCCN(Cc2nccn2CC(F)(F)F)C1. The van der Waals surface area contributed by atoms with Crippen LogP contribution in [0.1, 0.15) is 32.0 Å². The number of likely N-dealkylation sites (tertiary alicyclic amines) is 1. The van der Waals surface area contributed by atoms with Crippen molar-refractivity contribution in [1.82, 2.24) is 14.5 Å². The molecule has 21 heavy (non-hydrogen) atoms. The van der Waals surface area contributed by atoms with Crippen LogP contribution in [0, 0.1) is 0 Å². The number of hydrogen-bond acceptors (Lipinski definition) is 3. The Labute approximate surface area is 122 Å². The Morgan fingerprint density at radius 1 is 1.43 bits per heavy atom. The Hall–Kier alpha value is -1.08. The van der Waals surface area contributed by atoms with E-state index in [9.17, 15) is 13.2 Å². The van der Waals surface area contributed by atoms with Crippen molar-refractivity contribution in [1.29, 1.82) is 0 Å². The fourth-order valence-corrected chi connectivity index (χ4v) is 2.61. The first-order chi connectivity index (χ1) is 9.98. The number of aromatic nitrogens is 2. The first-order valence-electron chi connectivity index (χ1n) is 7.38. The summed E-state index contributed by atoms with van der Waals surface area (Å²) in [7, 11) is 0. The molecule has 0 aliphatic carbocycles. The maximum atomic E-state index is 12.5. The lowest BCUT2D eigenvalue weighted by Crippen LogP contribution is -2.40. The monoisotopic (exact) mass is 305 g/mol. The molecular weight excluding hydrogens is 283 g/mol. The third-order valence-electron chi connectivity index (χ3n) is 3.54. The second kappa shape index (κ2) is 7.26. The molecule has 0 N–H and O–H groups in total. The van der Waals surface area contributed by atoms with Crippen LogP contribution in [0.25, 0.3) is 0 Å². The predicted octanol–water partition coefficient (Wildman–Crippen LogP) is 2.84. The van der Waals surface area contributed by atoms with Gasteiger partial charge >= 0.3 is 6.18 Å². The van der Waals surface area contributed by atoms with Crippen molar-refractivity contribution >= 4 is 0 Å². The summed E-state index contributed by atoms with van der Waals surface area (Å²) in [6, 6.07) is 0. The van der Waals surface area contributed by atoms with Gasteiger partial charge in [0.25, 0.3) is 0 Å². The van der Waals surface area contributed by atoms with Gasteiger partial charge in [-0.25, -0.2) is 4.98 Å². The standard InChI is InChI=1S/C14H22F3N3O/c1-2-8-21-12-4-3-6-19(9-12)10-13-18-5-7-20(13)11-14(15,16)17/h5,7,12H,2-4,6,8-11H2,1H3. The lowest BCUT2D eigenvalue weighted by molar-refractivity contribution is -0.141. The van der Waals surface area contributed by atoms with Crippen LogP contribution in [0.2, 0.25) is 0 Å². The van der Waals surface area contributed by atoms with Crippen LogP contribution >= 0.6 is 0 Å². The zero-order valence-corrected chi connectivity index (χ0v) is 12.3. The molecule has 2 heterocycles. The summed E-state index contributed by atoms with van der Waals surface area (Å²) >= 11 is 0. The molecule has 1 unspecified atom stereocenters. The maximum absolute atomic E-state index is 12.5. The Balaban J connectivity index is 1.91. The second-order valence-electron chi connectivity index (χ2n) is 5.46. The van der Waals surface area contributed by atoms with Gasteiger partial charge in [-0.3, -0.25) is 4.90 Å². The fourth-order valence-electron chi connectivity index (χ4n) is 2.61. The van der Waals surface area contributed by atoms with Crippen molar-refractivity contribution in [2.75, 3.05) is 19.7 Å². The largest absolute Gasteiger partial charge is 0.406 e.